The molecule has 0 bridgehead atoms. The van der Waals surface area contributed by atoms with Gasteiger partial charge in [-0.15, -0.1) is 0 Å². The number of benzene rings is 2. The summed E-state index contributed by atoms with van der Waals surface area (Å²) in [6, 6.07) is 11.4. The van der Waals surface area contributed by atoms with Gasteiger partial charge in [0.1, 0.15) is 17.2 Å². The van der Waals surface area contributed by atoms with Crippen molar-refractivity contribution in [3.63, 3.8) is 0 Å². The molecule has 0 saturated heterocycles. The molecule has 0 heterocycles. The minimum absolute atomic E-state index is 0.0284. The van der Waals surface area contributed by atoms with Crippen LogP contribution in [0.4, 0.5) is 0 Å². The summed E-state index contributed by atoms with van der Waals surface area (Å²) >= 11 is 0. The van der Waals surface area contributed by atoms with E-state index in [0.29, 0.717) is 5.75 Å². The Hall–Kier alpha value is -3.41. The first-order chi connectivity index (χ1) is 12.4. The fourth-order valence-corrected chi connectivity index (χ4v) is 2.15. The molecule has 0 N–H and O–H groups in total. The molecule has 0 radical (unpaired) electrons. The van der Waals surface area contributed by atoms with E-state index in [1.54, 1.807) is 37.5 Å². The average Bonchev–Trinajstić information content (AvgIpc) is 2.59. The zero-order valence-electron chi connectivity index (χ0n) is 14.6. The highest BCUT2D eigenvalue weighted by atomic mass is 16.5. The Balaban J connectivity index is 2.26. The average molecular weight is 354 g/mol. The molecule has 2 aromatic carbocycles. The van der Waals surface area contributed by atoms with Crippen molar-refractivity contribution >= 4 is 23.8 Å². The summed E-state index contributed by atoms with van der Waals surface area (Å²) in [4.78, 5) is 34.8. The molecule has 0 amide bonds. The normalized spacial score (nSPS) is 10.4. The lowest BCUT2D eigenvalue weighted by Crippen LogP contribution is -2.08. The maximum absolute atomic E-state index is 12.5. The number of carbonyl (C=O) groups is 3. The minimum Gasteiger partial charge on any atom is -0.497 e. The van der Waals surface area contributed by atoms with Gasteiger partial charge in [0.25, 0.3) is 0 Å². The first kappa shape index (κ1) is 18.9. The van der Waals surface area contributed by atoms with E-state index in [-0.39, 0.29) is 22.8 Å². The lowest BCUT2D eigenvalue weighted by atomic mass is 10.1. The molecule has 6 heteroatoms. The fraction of sp³-hybridized carbons (Fsp3) is 0.150. The molecule has 0 fully saturated rings. The monoisotopic (exact) mass is 354 g/mol. The van der Waals surface area contributed by atoms with Gasteiger partial charge in [-0.1, -0.05) is 18.2 Å². The summed E-state index contributed by atoms with van der Waals surface area (Å²) in [6.07, 6.45) is 3.01. The second kappa shape index (κ2) is 8.62. The summed E-state index contributed by atoms with van der Waals surface area (Å²) in [5.41, 5.74) is 0.991. The van der Waals surface area contributed by atoms with Crippen LogP contribution in [0.3, 0.4) is 0 Å². The molecule has 0 unspecified atom stereocenters. The van der Waals surface area contributed by atoms with E-state index in [2.05, 4.69) is 0 Å². The summed E-state index contributed by atoms with van der Waals surface area (Å²) in [5, 5.41) is 0. The second-order valence-corrected chi connectivity index (χ2v) is 5.32. The molecule has 0 saturated carbocycles. The van der Waals surface area contributed by atoms with Crippen LogP contribution in [0.15, 0.2) is 48.5 Å². The number of ketones is 1. The van der Waals surface area contributed by atoms with Gasteiger partial charge >= 0.3 is 11.9 Å². The second-order valence-electron chi connectivity index (χ2n) is 5.32. The maximum Gasteiger partial charge on any atom is 0.308 e. The zero-order valence-corrected chi connectivity index (χ0v) is 14.6. The fourth-order valence-electron chi connectivity index (χ4n) is 2.15. The van der Waals surface area contributed by atoms with Crippen LogP contribution in [0.2, 0.25) is 0 Å². The molecular weight excluding hydrogens is 336 g/mol. The highest BCUT2D eigenvalue weighted by Gasteiger charge is 2.14. The van der Waals surface area contributed by atoms with Crippen LogP contribution in [-0.4, -0.2) is 24.8 Å². The largest absolute Gasteiger partial charge is 0.497 e. The Morgan fingerprint density at radius 2 is 1.46 bits per heavy atom. The zero-order chi connectivity index (χ0) is 19.1. The van der Waals surface area contributed by atoms with Crippen molar-refractivity contribution in [2.24, 2.45) is 0 Å². The summed E-state index contributed by atoms with van der Waals surface area (Å²) < 4.78 is 15.1. The number of methoxy groups -OCH3 is 1. The standard InChI is InChI=1S/C20H18O6/c1-13(21)25-17-9-10-18(20(12-17)26-14(2)22)19(23)11-6-15-4-7-16(24-3)8-5-15/h4-12H,1-3H3/b11-6+. The minimum atomic E-state index is -0.585. The van der Waals surface area contributed by atoms with E-state index < -0.39 is 11.9 Å². The Morgan fingerprint density at radius 1 is 0.846 bits per heavy atom. The smallest absolute Gasteiger partial charge is 0.308 e. The quantitative estimate of drug-likeness (QED) is 0.342. The van der Waals surface area contributed by atoms with Crippen LogP contribution in [-0.2, 0) is 9.59 Å². The molecule has 6 nitrogen and oxygen atoms in total. The van der Waals surface area contributed by atoms with E-state index in [1.165, 1.54) is 38.1 Å². The van der Waals surface area contributed by atoms with Crippen molar-refractivity contribution in [3.05, 3.63) is 59.7 Å². The van der Waals surface area contributed by atoms with Gasteiger partial charge in [-0.05, 0) is 35.9 Å². The van der Waals surface area contributed by atoms with E-state index >= 15 is 0 Å². The van der Waals surface area contributed by atoms with Gasteiger partial charge in [0.05, 0.1) is 12.7 Å². The summed E-state index contributed by atoms with van der Waals surface area (Å²) in [5.74, 6) is -0.529. The molecule has 0 aliphatic heterocycles. The molecule has 0 aliphatic rings. The first-order valence-electron chi connectivity index (χ1n) is 7.76. The van der Waals surface area contributed by atoms with Crippen LogP contribution < -0.4 is 14.2 Å². The van der Waals surface area contributed by atoms with E-state index in [9.17, 15) is 14.4 Å². The van der Waals surface area contributed by atoms with Gasteiger partial charge in [-0.25, -0.2) is 0 Å². The van der Waals surface area contributed by atoms with Crippen LogP contribution >= 0.6 is 0 Å². The Bertz CT molecular complexity index is 849. The first-order valence-corrected chi connectivity index (χ1v) is 7.76. The molecule has 134 valence electrons. The van der Waals surface area contributed by atoms with E-state index in [0.717, 1.165) is 5.56 Å². The molecule has 0 aromatic heterocycles. The molecule has 2 rings (SSSR count). The van der Waals surface area contributed by atoms with Crippen molar-refractivity contribution in [3.8, 4) is 17.2 Å². The lowest BCUT2D eigenvalue weighted by molar-refractivity contribution is -0.132. The highest BCUT2D eigenvalue weighted by molar-refractivity contribution is 6.09. The lowest BCUT2D eigenvalue weighted by Gasteiger charge is -2.09. The molecule has 0 atom stereocenters. The number of carbonyl (C=O) groups excluding carboxylic acids is 3. The van der Waals surface area contributed by atoms with Gasteiger partial charge in [-0.3, -0.25) is 14.4 Å². The van der Waals surface area contributed by atoms with Crippen LogP contribution in [0.1, 0.15) is 29.8 Å². The molecule has 0 spiro atoms. The van der Waals surface area contributed by atoms with E-state index in [1.807, 2.05) is 0 Å². The van der Waals surface area contributed by atoms with Crippen LogP contribution in [0, 0.1) is 0 Å². The van der Waals surface area contributed by atoms with Gasteiger partial charge in [0.2, 0.25) is 0 Å². The number of ether oxygens (including phenoxy) is 3. The highest BCUT2D eigenvalue weighted by Crippen LogP contribution is 2.26. The maximum atomic E-state index is 12.5. The molecular formula is C20H18O6. The van der Waals surface area contributed by atoms with Gasteiger partial charge in [0, 0.05) is 19.9 Å². The predicted molar refractivity (Wildman–Crippen MR) is 95.4 cm³/mol. The van der Waals surface area contributed by atoms with Gasteiger partial charge in [-0.2, -0.15) is 0 Å². The van der Waals surface area contributed by atoms with Crippen molar-refractivity contribution in [1.82, 2.24) is 0 Å². The van der Waals surface area contributed by atoms with E-state index in [4.69, 9.17) is 14.2 Å². The molecule has 26 heavy (non-hydrogen) atoms. The number of allylic oxidation sites excluding steroid dienone is 1. The van der Waals surface area contributed by atoms with Crippen molar-refractivity contribution in [1.29, 1.82) is 0 Å². The molecule has 2 aromatic rings. The van der Waals surface area contributed by atoms with Crippen LogP contribution in [0.25, 0.3) is 6.08 Å². The third kappa shape index (κ3) is 5.31. The van der Waals surface area contributed by atoms with Crippen LogP contribution in [0.5, 0.6) is 17.2 Å². The van der Waals surface area contributed by atoms with Gasteiger partial charge in [0.15, 0.2) is 5.78 Å². The Morgan fingerprint density at radius 3 is 2.04 bits per heavy atom. The Kier molecular flexibility index (Phi) is 6.27. The third-order valence-corrected chi connectivity index (χ3v) is 3.28. The number of hydrogen-bond donors (Lipinski definition) is 0. The predicted octanol–water partition coefficient (Wildman–Crippen LogP) is 3.44. The number of esters is 2. The topological polar surface area (TPSA) is 78.9 Å². The SMILES string of the molecule is COc1ccc(/C=C/C(=O)c2ccc(OC(C)=O)cc2OC(C)=O)cc1. The number of hydrogen-bond acceptors (Lipinski definition) is 6. The van der Waals surface area contributed by atoms with Crippen molar-refractivity contribution in [2.45, 2.75) is 13.8 Å². The third-order valence-electron chi connectivity index (χ3n) is 3.28. The summed E-state index contributed by atoms with van der Waals surface area (Å²) in [6.45, 7) is 2.47. The molecule has 0 aliphatic carbocycles. The van der Waals surface area contributed by atoms with Crippen molar-refractivity contribution < 1.29 is 28.6 Å². The number of rotatable bonds is 6. The summed E-state index contributed by atoms with van der Waals surface area (Å²) in [7, 11) is 1.57. The van der Waals surface area contributed by atoms with Crippen molar-refractivity contribution in [2.75, 3.05) is 7.11 Å². The van der Waals surface area contributed by atoms with Gasteiger partial charge < -0.3 is 14.2 Å². The Labute approximate surface area is 151 Å².